The molecule has 0 N–H and O–H groups in total. The summed E-state index contributed by atoms with van der Waals surface area (Å²) >= 11 is 5.72. The summed E-state index contributed by atoms with van der Waals surface area (Å²) in [5, 5.41) is 0.217. The molecule has 3 rings (SSSR count). The Bertz CT molecular complexity index is 960. The van der Waals surface area contributed by atoms with E-state index < -0.39 is 21.7 Å². The minimum Gasteiger partial charge on any atom is -0.308 e. The molecule has 0 unspecified atom stereocenters. The Morgan fingerprint density at radius 2 is 1.92 bits per heavy atom. The van der Waals surface area contributed by atoms with E-state index in [1.165, 1.54) is 37.2 Å². The Balaban J connectivity index is 1.96. The SMILES string of the molecule is CN(C)S(=O)(=O)c1ccc2c(c1)CCN2C(=O)c1ccc(Cl)cc1F. The number of hydrogen-bond donors (Lipinski definition) is 0. The predicted octanol–water partition coefficient (Wildman–Crippen LogP) is 2.93. The van der Waals surface area contributed by atoms with Crippen LogP contribution in [0, 0.1) is 5.82 Å². The summed E-state index contributed by atoms with van der Waals surface area (Å²) in [6.07, 6.45) is 0.507. The summed E-state index contributed by atoms with van der Waals surface area (Å²) in [5.41, 5.74) is 1.27. The summed E-state index contributed by atoms with van der Waals surface area (Å²) in [4.78, 5) is 14.3. The number of sulfonamides is 1. The molecule has 0 atom stereocenters. The van der Waals surface area contributed by atoms with Crippen LogP contribution in [0.15, 0.2) is 41.3 Å². The smallest absolute Gasteiger partial charge is 0.261 e. The number of amides is 1. The van der Waals surface area contributed by atoms with Crippen molar-refractivity contribution in [3.05, 3.63) is 58.4 Å². The number of hydrogen-bond acceptors (Lipinski definition) is 3. The normalized spacial score (nSPS) is 14.0. The first kappa shape index (κ1) is 17.8. The van der Waals surface area contributed by atoms with Crippen molar-refractivity contribution in [2.75, 3.05) is 25.5 Å². The van der Waals surface area contributed by atoms with Crippen LogP contribution in [0.5, 0.6) is 0 Å². The first-order chi connectivity index (χ1) is 11.7. The monoisotopic (exact) mass is 382 g/mol. The second-order valence-corrected chi connectivity index (χ2v) is 8.50. The van der Waals surface area contributed by atoms with Gasteiger partial charge < -0.3 is 4.90 Å². The summed E-state index contributed by atoms with van der Waals surface area (Å²) in [7, 11) is -0.625. The maximum absolute atomic E-state index is 14.0. The average Bonchev–Trinajstić information content (AvgIpc) is 2.97. The highest BCUT2D eigenvalue weighted by Gasteiger charge is 2.29. The summed E-state index contributed by atoms with van der Waals surface area (Å²) < 4.78 is 39.6. The van der Waals surface area contributed by atoms with Crippen molar-refractivity contribution in [3.8, 4) is 0 Å². The molecule has 0 spiro atoms. The van der Waals surface area contributed by atoms with Crippen molar-refractivity contribution in [1.29, 1.82) is 0 Å². The van der Waals surface area contributed by atoms with Gasteiger partial charge in [0, 0.05) is 31.4 Å². The maximum atomic E-state index is 14.0. The van der Waals surface area contributed by atoms with Crippen LogP contribution in [0.25, 0.3) is 0 Å². The molecule has 1 aliphatic rings. The molecule has 25 heavy (non-hydrogen) atoms. The van der Waals surface area contributed by atoms with Crippen molar-refractivity contribution in [2.24, 2.45) is 0 Å². The minimum absolute atomic E-state index is 0.0674. The highest BCUT2D eigenvalue weighted by atomic mass is 35.5. The van der Waals surface area contributed by atoms with Gasteiger partial charge >= 0.3 is 0 Å². The van der Waals surface area contributed by atoms with Crippen LogP contribution in [0.3, 0.4) is 0 Å². The second kappa shape index (κ2) is 6.40. The Hall–Kier alpha value is -1.96. The zero-order valence-corrected chi connectivity index (χ0v) is 15.2. The van der Waals surface area contributed by atoms with E-state index in [0.29, 0.717) is 18.7 Å². The van der Waals surface area contributed by atoms with Crippen molar-refractivity contribution in [2.45, 2.75) is 11.3 Å². The van der Waals surface area contributed by atoms with Crippen molar-refractivity contribution in [1.82, 2.24) is 4.31 Å². The van der Waals surface area contributed by atoms with E-state index in [2.05, 4.69) is 0 Å². The zero-order chi connectivity index (χ0) is 18.4. The van der Waals surface area contributed by atoms with E-state index in [-0.39, 0.29) is 15.5 Å². The zero-order valence-electron chi connectivity index (χ0n) is 13.7. The van der Waals surface area contributed by atoms with Gasteiger partial charge in [-0.2, -0.15) is 0 Å². The molecule has 8 heteroatoms. The molecule has 0 fully saturated rings. The molecule has 0 saturated heterocycles. The molecular formula is C17H16ClFN2O3S. The largest absolute Gasteiger partial charge is 0.308 e. The van der Waals surface area contributed by atoms with E-state index in [0.717, 1.165) is 15.9 Å². The lowest BCUT2D eigenvalue weighted by Crippen LogP contribution is -2.29. The van der Waals surface area contributed by atoms with Crippen molar-refractivity contribution in [3.63, 3.8) is 0 Å². The number of carbonyl (C=O) groups excluding carboxylic acids is 1. The van der Waals surface area contributed by atoms with Gasteiger partial charge in [0.25, 0.3) is 5.91 Å². The van der Waals surface area contributed by atoms with Crippen LogP contribution >= 0.6 is 11.6 Å². The molecule has 0 aliphatic carbocycles. The number of carbonyl (C=O) groups is 1. The first-order valence-corrected chi connectivity index (χ1v) is 9.36. The van der Waals surface area contributed by atoms with Crippen LogP contribution in [-0.4, -0.2) is 39.3 Å². The highest BCUT2D eigenvalue weighted by molar-refractivity contribution is 7.89. The van der Waals surface area contributed by atoms with Gasteiger partial charge in [-0.15, -0.1) is 0 Å². The third-order valence-corrected chi connectivity index (χ3v) is 6.18. The highest BCUT2D eigenvalue weighted by Crippen LogP contribution is 2.32. The molecule has 1 amide bonds. The van der Waals surface area contributed by atoms with E-state index in [9.17, 15) is 17.6 Å². The van der Waals surface area contributed by atoms with E-state index in [1.807, 2.05) is 0 Å². The fourth-order valence-electron chi connectivity index (χ4n) is 2.77. The van der Waals surface area contributed by atoms with Gasteiger partial charge in [-0.1, -0.05) is 11.6 Å². The lowest BCUT2D eigenvalue weighted by atomic mass is 10.1. The molecule has 0 bridgehead atoms. The molecule has 132 valence electrons. The van der Waals surface area contributed by atoms with Crippen LogP contribution in [0.4, 0.5) is 10.1 Å². The fourth-order valence-corrected chi connectivity index (χ4v) is 3.88. The topological polar surface area (TPSA) is 57.7 Å². The Morgan fingerprint density at radius 1 is 1.20 bits per heavy atom. The van der Waals surface area contributed by atoms with E-state index >= 15 is 0 Å². The van der Waals surface area contributed by atoms with Crippen LogP contribution in [0.2, 0.25) is 5.02 Å². The fraction of sp³-hybridized carbons (Fsp3) is 0.235. The van der Waals surface area contributed by atoms with E-state index in [4.69, 9.17) is 11.6 Å². The van der Waals surface area contributed by atoms with E-state index in [1.54, 1.807) is 12.1 Å². The number of halogens is 2. The van der Waals surface area contributed by atoms with Crippen molar-refractivity contribution >= 4 is 33.2 Å². The number of nitrogens with zero attached hydrogens (tertiary/aromatic N) is 2. The van der Waals surface area contributed by atoms with Gasteiger partial charge in [-0.3, -0.25) is 4.79 Å². The van der Waals surface area contributed by atoms with Crippen LogP contribution in [-0.2, 0) is 16.4 Å². The van der Waals surface area contributed by atoms with Gasteiger partial charge in [0.1, 0.15) is 5.82 Å². The number of fused-ring (bicyclic) bond motifs is 1. The molecule has 0 aromatic heterocycles. The molecule has 0 saturated carbocycles. The predicted molar refractivity (Wildman–Crippen MR) is 94.1 cm³/mol. The molecule has 1 heterocycles. The van der Waals surface area contributed by atoms with Gasteiger partial charge in [-0.25, -0.2) is 17.1 Å². The summed E-state index contributed by atoms with van der Waals surface area (Å²) in [6, 6.07) is 8.52. The molecule has 1 aliphatic heterocycles. The molecule has 2 aromatic carbocycles. The maximum Gasteiger partial charge on any atom is 0.261 e. The number of anilines is 1. The third-order valence-electron chi connectivity index (χ3n) is 4.13. The van der Waals surface area contributed by atoms with Gasteiger partial charge in [0.2, 0.25) is 10.0 Å². The van der Waals surface area contributed by atoms with Gasteiger partial charge in [-0.05, 0) is 48.4 Å². The summed E-state index contributed by atoms with van der Waals surface area (Å²) in [5.74, 6) is -1.16. The Labute approximate surface area is 150 Å². The van der Waals surface area contributed by atoms with Crippen LogP contribution < -0.4 is 4.90 Å². The minimum atomic E-state index is -3.54. The molecule has 2 aromatic rings. The van der Waals surface area contributed by atoms with Crippen LogP contribution in [0.1, 0.15) is 15.9 Å². The Morgan fingerprint density at radius 3 is 2.56 bits per heavy atom. The number of rotatable bonds is 3. The average molecular weight is 383 g/mol. The second-order valence-electron chi connectivity index (χ2n) is 5.91. The quantitative estimate of drug-likeness (QED) is 0.820. The molecule has 5 nitrogen and oxygen atoms in total. The lowest BCUT2D eigenvalue weighted by molar-refractivity contribution is 0.0985. The number of benzene rings is 2. The molecule has 0 radical (unpaired) electrons. The third kappa shape index (κ3) is 3.15. The van der Waals surface area contributed by atoms with Gasteiger partial charge in [0.05, 0.1) is 10.5 Å². The summed E-state index contributed by atoms with van der Waals surface area (Å²) in [6.45, 7) is 0.363. The Kier molecular flexibility index (Phi) is 4.57. The first-order valence-electron chi connectivity index (χ1n) is 7.54. The molecular weight excluding hydrogens is 367 g/mol. The lowest BCUT2D eigenvalue weighted by Gasteiger charge is -2.18. The van der Waals surface area contributed by atoms with Crippen molar-refractivity contribution < 1.29 is 17.6 Å². The van der Waals surface area contributed by atoms with Gasteiger partial charge in [0.15, 0.2) is 0 Å². The standard InChI is InChI=1S/C17H16ClFN2O3S/c1-20(2)25(23,24)13-4-6-16-11(9-13)7-8-21(16)17(22)14-5-3-12(18)10-15(14)19/h3-6,9-10H,7-8H2,1-2H3.